The molecule has 0 atom stereocenters. The van der Waals surface area contributed by atoms with Crippen molar-refractivity contribution in [1.29, 1.82) is 0 Å². The summed E-state index contributed by atoms with van der Waals surface area (Å²) in [7, 11) is 0. The molecule has 134 valence electrons. The molecule has 5 nitrogen and oxygen atoms in total. The van der Waals surface area contributed by atoms with Gasteiger partial charge in [0.1, 0.15) is 19.7 Å². The van der Waals surface area contributed by atoms with Gasteiger partial charge >= 0.3 is 5.97 Å². The summed E-state index contributed by atoms with van der Waals surface area (Å²) in [6.07, 6.45) is 0. The van der Waals surface area contributed by atoms with Crippen molar-refractivity contribution >= 4 is 38.7 Å². The van der Waals surface area contributed by atoms with Gasteiger partial charge in [-0.15, -0.1) is 0 Å². The predicted molar refractivity (Wildman–Crippen MR) is 104 cm³/mol. The highest BCUT2D eigenvalue weighted by Gasteiger charge is 2.14. The minimum atomic E-state index is -0.461. The number of rotatable bonds is 6. The molecular formula is C20H19BrN2O3. The molecule has 0 fully saturated rings. The highest BCUT2D eigenvalue weighted by molar-refractivity contribution is 9.10. The zero-order valence-corrected chi connectivity index (χ0v) is 16.0. The molecular weight excluding hydrogens is 396 g/mol. The Morgan fingerprint density at radius 1 is 1.08 bits per heavy atom. The van der Waals surface area contributed by atoms with Crippen LogP contribution in [0.15, 0.2) is 59.1 Å². The van der Waals surface area contributed by atoms with Crippen molar-refractivity contribution < 1.29 is 14.3 Å². The van der Waals surface area contributed by atoms with Crippen LogP contribution in [0.25, 0.3) is 10.9 Å². The molecule has 1 heterocycles. The molecule has 1 amide bonds. The molecule has 2 aromatic carbocycles. The van der Waals surface area contributed by atoms with Crippen molar-refractivity contribution in [3.8, 4) is 0 Å². The van der Waals surface area contributed by atoms with Gasteiger partial charge in [0.2, 0.25) is 5.91 Å². The first-order chi connectivity index (χ1) is 12.6. The van der Waals surface area contributed by atoms with E-state index in [0.717, 1.165) is 26.6 Å². The minimum absolute atomic E-state index is 0.143. The highest BCUT2D eigenvalue weighted by atomic mass is 79.9. The first-order valence-electron chi connectivity index (χ1n) is 8.26. The normalized spacial score (nSPS) is 10.7. The lowest BCUT2D eigenvalue weighted by molar-refractivity contribution is -0.145. The molecule has 0 saturated carbocycles. The highest BCUT2D eigenvalue weighted by Crippen LogP contribution is 2.30. The number of carbonyl (C=O) groups is 2. The average Bonchev–Trinajstić information content (AvgIpc) is 2.91. The van der Waals surface area contributed by atoms with Gasteiger partial charge in [-0.1, -0.05) is 48.5 Å². The maximum atomic E-state index is 12.2. The van der Waals surface area contributed by atoms with Crippen molar-refractivity contribution in [3.05, 3.63) is 70.3 Å². The Bertz CT molecular complexity index is 935. The predicted octanol–water partition coefficient (Wildman–Crippen LogP) is 3.57. The Kier molecular flexibility index (Phi) is 5.73. The molecule has 26 heavy (non-hydrogen) atoms. The SMILES string of the molecule is Cc1c(Br)c2ccccc2n1CC(=O)NCC(=O)OCc1ccccc1. The van der Waals surface area contributed by atoms with Crippen LogP contribution in [0.5, 0.6) is 0 Å². The van der Waals surface area contributed by atoms with E-state index in [2.05, 4.69) is 21.2 Å². The maximum Gasteiger partial charge on any atom is 0.325 e. The van der Waals surface area contributed by atoms with Gasteiger partial charge < -0.3 is 14.6 Å². The Morgan fingerprint density at radius 3 is 2.54 bits per heavy atom. The van der Waals surface area contributed by atoms with E-state index in [0.29, 0.717) is 0 Å². The van der Waals surface area contributed by atoms with Gasteiger partial charge in [0, 0.05) is 21.1 Å². The van der Waals surface area contributed by atoms with Crippen LogP contribution in [-0.2, 0) is 27.5 Å². The van der Waals surface area contributed by atoms with Crippen molar-refractivity contribution in [1.82, 2.24) is 9.88 Å². The topological polar surface area (TPSA) is 60.3 Å². The third kappa shape index (κ3) is 4.14. The molecule has 1 aromatic heterocycles. The van der Waals surface area contributed by atoms with Gasteiger partial charge in [-0.05, 0) is 34.5 Å². The number of esters is 1. The summed E-state index contributed by atoms with van der Waals surface area (Å²) in [5.74, 6) is -0.699. The van der Waals surface area contributed by atoms with Crippen LogP contribution in [0.1, 0.15) is 11.3 Å². The zero-order chi connectivity index (χ0) is 18.5. The number of fused-ring (bicyclic) bond motifs is 1. The summed E-state index contributed by atoms with van der Waals surface area (Å²) in [4.78, 5) is 24.0. The average molecular weight is 415 g/mol. The van der Waals surface area contributed by atoms with E-state index >= 15 is 0 Å². The molecule has 0 radical (unpaired) electrons. The second kappa shape index (κ2) is 8.19. The summed E-state index contributed by atoms with van der Waals surface area (Å²) >= 11 is 3.57. The first-order valence-corrected chi connectivity index (χ1v) is 9.05. The van der Waals surface area contributed by atoms with Crippen LogP contribution in [0.2, 0.25) is 0 Å². The van der Waals surface area contributed by atoms with Gasteiger partial charge in [-0.2, -0.15) is 0 Å². The summed E-state index contributed by atoms with van der Waals surface area (Å²) in [5, 5.41) is 3.67. The van der Waals surface area contributed by atoms with E-state index in [-0.39, 0.29) is 25.6 Å². The van der Waals surface area contributed by atoms with Crippen molar-refractivity contribution in [2.45, 2.75) is 20.1 Å². The standard InChI is InChI=1S/C20H19BrN2O3/c1-14-20(21)16-9-5-6-10-17(16)23(14)12-18(24)22-11-19(25)26-13-15-7-3-2-4-8-15/h2-10H,11-13H2,1H3,(H,22,24). The number of carbonyl (C=O) groups excluding carboxylic acids is 2. The van der Waals surface area contributed by atoms with Crippen LogP contribution in [-0.4, -0.2) is 23.0 Å². The van der Waals surface area contributed by atoms with Gasteiger partial charge in [0.05, 0.1) is 0 Å². The summed E-state index contributed by atoms with van der Waals surface area (Å²) < 4.78 is 8.05. The largest absolute Gasteiger partial charge is 0.460 e. The number of para-hydroxylation sites is 1. The summed E-state index contributed by atoms with van der Waals surface area (Å²) in [6, 6.07) is 17.3. The number of halogens is 1. The number of ether oxygens (including phenoxy) is 1. The lowest BCUT2D eigenvalue weighted by atomic mass is 10.2. The molecule has 0 aliphatic rings. The zero-order valence-electron chi connectivity index (χ0n) is 14.4. The second-order valence-corrected chi connectivity index (χ2v) is 6.72. The van der Waals surface area contributed by atoms with Crippen LogP contribution in [0.3, 0.4) is 0 Å². The monoisotopic (exact) mass is 414 g/mol. The fourth-order valence-electron chi connectivity index (χ4n) is 2.75. The van der Waals surface area contributed by atoms with Gasteiger partial charge in [-0.25, -0.2) is 0 Å². The van der Waals surface area contributed by atoms with E-state index in [1.54, 1.807) is 0 Å². The van der Waals surface area contributed by atoms with Crippen LogP contribution in [0.4, 0.5) is 0 Å². The molecule has 0 bridgehead atoms. The quantitative estimate of drug-likeness (QED) is 0.627. The molecule has 0 spiro atoms. The van der Waals surface area contributed by atoms with Gasteiger partial charge in [0.25, 0.3) is 0 Å². The van der Waals surface area contributed by atoms with Crippen LogP contribution in [0, 0.1) is 6.92 Å². The van der Waals surface area contributed by atoms with Crippen molar-refractivity contribution in [2.75, 3.05) is 6.54 Å². The molecule has 3 aromatic rings. The fraction of sp³-hybridized carbons (Fsp3) is 0.200. The third-order valence-electron chi connectivity index (χ3n) is 4.13. The fourth-order valence-corrected chi connectivity index (χ4v) is 3.30. The van der Waals surface area contributed by atoms with E-state index in [1.807, 2.05) is 66.1 Å². The first kappa shape index (κ1) is 18.2. The number of hydrogen-bond acceptors (Lipinski definition) is 3. The lowest BCUT2D eigenvalue weighted by Gasteiger charge is -2.09. The molecule has 0 aliphatic carbocycles. The second-order valence-electron chi connectivity index (χ2n) is 5.93. The number of nitrogens with one attached hydrogen (secondary N) is 1. The molecule has 0 unspecified atom stereocenters. The number of hydrogen-bond donors (Lipinski definition) is 1. The van der Waals surface area contributed by atoms with E-state index < -0.39 is 5.97 Å². The minimum Gasteiger partial charge on any atom is -0.460 e. The Hall–Kier alpha value is -2.60. The number of aromatic nitrogens is 1. The molecule has 6 heteroatoms. The van der Waals surface area contributed by atoms with Crippen LogP contribution >= 0.6 is 15.9 Å². The maximum absolute atomic E-state index is 12.2. The Balaban J connectivity index is 1.55. The van der Waals surface area contributed by atoms with Crippen molar-refractivity contribution in [3.63, 3.8) is 0 Å². The summed E-state index contributed by atoms with van der Waals surface area (Å²) in [6.45, 7) is 2.14. The number of nitrogens with zero attached hydrogens (tertiary/aromatic N) is 1. The Morgan fingerprint density at radius 2 is 1.77 bits per heavy atom. The lowest BCUT2D eigenvalue weighted by Crippen LogP contribution is -2.33. The smallest absolute Gasteiger partial charge is 0.325 e. The molecule has 0 aliphatic heterocycles. The van der Waals surface area contributed by atoms with E-state index in [1.165, 1.54) is 0 Å². The molecule has 0 saturated heterocycles. The molecule has 1 N–H and O–H groups in total. The molecule has 3 rings (SSSR count). The van der Waals surface area contributed by atoms with Gasteiger partial charge in [-0.3, -0.25) is 9.59 Å². The van der Waals surface area contributed by atoms with E-state index in [4.69, 9.17) is 4.74 Å². The van der Waals surface area contributed by atoms with Crippen molar-refractivity contribution in [2.24, 2.45) is 0 Å². The number of amides is 1. The van der Waals surface area contributed by atoms with E-state index in [9.17, 15) is 9.59 Å². The number of benzene rings is 2. The Labute approximate surface area is 160 Å². The third-order valence-corrected chi connectivity index (χ3v) is 5.13. The van der Waals surface area contributed by atoms with Gasteiger partial charge in [0.15, 0.2) is 0 Å². The summed E-state index contributed by atoms with van der Waals surface area (Å²) in [5.41, 5.74) is 2.85. The van der Waals surface area contributed by atoms with Crippen LogP contribution < -0.4 is 5.32 Å².